The van der Waals surface area contributed by atoms with Crippen LogP contribution < -0.4 is 10.9 Å². The van der Waals surface area contributed by atoms with Crippen LogP contribution in [0, 0.1) is 13.8 Å². The molecule has 5 heteroatoms. The number of aryl methyl sites for hydroxylation is 2. The van der Waals surface area contributed by atoms with Gasteiger partial charge in [0.05, 0.1) is 17.3 Å². The molecule has 2 rings (SSSR count). The molecule has 2 aromatic rings. The van der Waals surface area contributed by atoms with Crippen molar-refractivity contribution in [3.63, 3.8) is 0 Å². The molecule has 0 bridgehead atoms. The van der Waals surface area contributed by atoms with Gasteiger partial charge in [-0.2, -0.15) is 0 Å². The molecule has 0 radical (unpaired) electrons. The van der Waals surface area contributed by atoms with Gasteiger partial charge < -0.3 is 15.4 Å². The number of phenols is 1. The van der Waals surface area contributed by atoms with Crippen LogP contribution in [0.25, 0.3) is 0 Å². The van der Waals surface area contributed by atoms with E-state index in [-0.39, 0.29) is 17.4 Å². The first-order valence-electron chi connectivity index (χ1n) is 6.10. The molecule has 1 unspecified atom stereocenters. The quantitative estimate of drug-likeness (QED) is 0.739. The number of anilines is 1. The summed E-state index contributed by atoms with van der Waals surface area (Å²) in [5.41, 5.74) is 2.06. The maximum absolute atomic E-state index is 12.0. The van der Waals surface area contributed by atoms with Crippen molar-refractivity contribution in [1.82, 2.24) is 9.97 Å². The number of benzene rings is 1. The number of hydrogen-bond donors (Lipinski definition) is 3. The monoisotopic (exact) mass is 259 g/mol. The highest BCUT2D eigenvalue weighted by atomic mass is 16.3. The number of aromatic hydroxyl groups is 1. The number of rotatable bonds is 3. The van der Waals surface area contributed by atoms with E-state index in [2.05, 4.69) is 15.3 Å². The van der Waals surface area contributed by atoms with E-state index >= 15 is 0 Å². The normalized spacial score (nSPS) is 12.2. The minimum Gasteiger partial charge on any atom is -0.508 e. The number of aromatic nitrogens is 2. The number of aromatic amines is 1. The van der Waals surface area contributed by atoms with E-state index in [1.807, 2.05) is 13.8 Å². The number of hydrogen-bond acceptors (Lipinski definition) is 4. The van der Waals surface area contributed by atoms with Gasteiger partial charge >= 0.3 is 0 Å². The van der Waals surface area contributed by atoms with Gasteiger partial charge in [0.2, 0.25) is 0 Å². The van der Waals surface area contributed by atoms with E-state index in [1.165, 1.54) is 0 Å². The zero-order valence-electron chi connectivity index (χ0n) is 11.2. The van der Waals surface area contributed by atoms with Crippen LogP contribution in [0.4, 0.5) is 5.69 Å². The molecule has 1 aromatic heterocycles. The molecule has 1 heterocycles. The third-order valence-corrected chi connectivity index (χ3v) is 2.95. The van der Waals surface area contributed by atoms with E-state index in [0.29, 0.717) is 11.4 Å². The summed E-state index contributed by atoms with van der Waals surface area (Å²) >= 11 is 0. The maximum Gasteiger partial charge on any atom is 0.256 e. The van der Waals surface area contributed by atoms with Crippen LogP contribution in [0.2, 0.25) is 0 Å². The molecule has 0 aliphatic carbocycles. The average Bonchev–Trinajstić information content (AvgIpc) is 2.30. The first-order chi connectivity index (χ1) is 8.97. The predicted octanol–water partition coefficient (Wildman–Crippen LogP) is 2.27. The van der Waals surface area contributed by atoms with Crippen LogP contribution in [0.15, 0.2) is 29.1 Å². The second-order valence-electron chi connectivity index (χ2n) is 4.56. The van der Waals surface area contributed by atoms with Gasteiger partial charge in [-0.15, -0.1) is 0 Å². The summed E-state index contributed by atoms with van der Waals surface area (Å²) in [5.74, 6) is 0.826. The van der Waals surface area contributed by atoms with Gasteiger partial charge in [0.25, 0.3) is 5.56 Å². The van der Waals surface area contributed by atoms with Crippen molar-refractivity contribution in [3.8, 4) is 5.75 Å². The molecule has 100 valence electrons. The fraction of sp³-hybridized carbons (Fsp3) is 0.286. The molecular formula is C14H17N3O2. The SMILES string of the molecule is Cc1nc(C)c(C(C)Nc2ccc(O)cc2)c(=O)[nH]1. The predicted molar refractivity (Wildman–Crippen MR) is 74.5 cm³/mol. The fourth-order valence-electron chi connectivity index (χ4n) is 2.13. The molecule has 0 saturated carbocycles. The van der Waals surface area contributed by atoms with Crippen molar-refractivity contribution >= 4 is 5.69 Å². The number of H-pyrrole nitrogens is 1. The van der Waals surface area contributed by atoms with Gasteiger partial charge in [-0.25, -0.2) is 4.98 Å². The van der Waals surface area contributed by atoms with Crippen LogP contribution in [0.1, 0.15) is 30.0 Å². The highest BCUT2D eigenvalue weighted by Crippen LogP contribution is 2.20. The number of phenolic OH excluding ortho intramolecular Hbond substituents is 1. The molecule has 0 amide bonds. The van der Waals surface area contributed by atoms with Gasteiger partial charge in [0.15, 0.2) is 0 Å². The average molecular weight is 259 g/mol. The van der Waals surface area contributed by atoms with Crippen molar-refractivity contribution in [2.45, 2.75) is 26.8 Å². The zero-order chi connectivity index (χ0) is 14.0. The Morgan fingerprint density at radius 1 is 1.26 bits per heavy atom. The Morgan fingerprint density at radius 3 is 2.47 bits per heavy atom. The summed E-state index contributed by atoms with van der Waals surface area (Å²) in [6.45, 7) is 5.49. The lowest BCUT2D eigenvalue weighted by molar-refractivity contribution is 0.475. The maximum atomic E-state index is 12.0. The Kier molecular flexibility index (Phi) is 3.55. The number of nitrogens with zero attached hydrogens (tertiary/aromatic N) is 1. The molecular weight excluding hydrogens is 242 g/mol. The van der Waals surface area contributed by atoms with E-state index in [0.717, 1.165) is 11.4 Å². The molecule has 0 aliphatic rings. The Labute approximate surface area is 111 Å². The minimum atomic E-state index is -0.165. The molecule has 5 nitrogen and oxygen atoms in total. The first kappa shape index (κ1) is 13.1. The zero-order valence-corrected chi connectivity index (χ0v) is 11.2. The lowest BCUT2D eigenvalue weighted by Crippen LogP contribution is -2.23. The van der Waals surface area contributed by atoms with Crippen molar-refractivity contribution < 1.29 is 5.11 Å². The van der Waals surface area contributed by atoms with Crippen LogP contribution in [-0.2, 0) is 0 Å². The van der Waals surface area contributed by atoms with Crippen molar-refractivity contribution in [2.75, 3.05) is 5.32 Å². The molecule has 0 fully saturated rings. The Morgan fingerprint density at radius 2 is 1.89 bits per heavy atom. The minimum absolute atomic E-state index is 0.122. The van der Waals surface area contributed by atoms with E-state index < -0.39 is 0 Å². The van der Waals surface area contributed by atoms with Gasteiger partial charge in [-0.3, -0.25) is 4.79 Å². The molecule has 1 aromatic carbocycles. The van der Waals surface area contributed by atoms with Crippen molar-refractivity contribution in [1.29, 1.82) is 0 Å². The van der Waals surface area contributed by atoms with E-state index in [1.54, 1.807) is 31.2 Å². The van der Waals surface area contributed by atoms with E-state index in [4.69, 9.17) is 0 Å². The molecule has 19 heavy (non-hydrogen) atoms. The summed E-state index contributed by atoms with van der Waals surface area (Å²) in [5, 5.41) is 12.4. The molecule has 3 N–H and O–H groups in total. The summed E-state index contributed by atoms with van der Waals surface area (Å²) in [7, 11) is 0. The third kappa shape index (κ3) is 2.93. The third-order valence-electron chi connectivity index (χ3n) is 2.95. The first-order valence-corrected chi connectivity index (χ1v) is 6.10. The van der Waals surface area contributed by atoms with Crippen molar-refractivity contribution in [2.24, 2.45) is 0 Å². The van der Waals surface area contributed by atoms with Crippen molar-refractivity contribution in [3.05, 3.63) is 51.7 Å². The largest absolute Gasteiger partial charge is 0.508 e. The highest BCUT2D eigenvalue weighted by molar-refractivity contribution is 5.48. The molecule has 0 saturated heterocycles. The van der Waals surface area contributed by atoms with Gasteiger partial charge in [-0.05, 0) is 45.0 Å². The Hall–Kier alpha value is -2.30. The summed E-state index contributed by atoms with van der Waals surface area (Å²) in [4.78, 5) is 19.0. The van der Waals surface area contributed by atoms with Gasteiger partial charge in [0, 0.05) is 5.69 Å². The summed E-state index contributed by atoms with van der Waals surface area (Å²) < 4.78 is 0. The standard InChI is InChI=1S/C14H17N3O2/c1-8-13(14(19)17-10(3)15-8)9(2)16-11-4-6-12(18)7-5-11/h4-7,9,16,18H,1-3H3,(H,15,17,19). The molecule has 0 aliphatic heterocycles. The van der Waals surface area contributed by atoms with Gasteiger partial charge in [-0.1, -0.05) is 0 Å². The lowest BCUT2D eigenvalue weighted by Gasteiger charge is -2.16. The second kappa shape index (κ2) is 5.14. The second-order valence-corrected chi connectivity index (χ2v) is 4.56. The Balaban J connectivity index is 2.27. The molecule has 1 atom stereocenters. The van der Waals surface area contributed by atoms with E-state index in [9.17, 15) is 9.90 Å². The summed E-state index contributed by atoms with van der Waals surface area (Å²) in [6, 6.07) is 6.55. The Bertz CT molecular complexity index is 632. The smallest absolute Gasteiger partial charge is 0.256 e. The molecule has 0 spiro atoms. The topological polar surface area (TPSA) is 78.0 Å². The van der Waals surface area contributed by atoms with Crippen LogP contribution in [-0.4, -0.2) is 15.1 Å². The summed E-state index contributed by atoms with van der Waals surface area (Å²) in [6.07, 6.45) is 0. The highest BCUT2D eigenvalue weighted by Gasteiger charge is 2.14. The lowest BCUT2D eigenvalue weighted by atomic mass is 10.1. The van der Waals surface area contributed by atoms with Gasteiger partial charge in [0.1, 0.15) is 11.6 Å². The van der Waals surface area contributed by atoms with Crippen LogP contribution >= 0.6 is 0 Å². The fourth-order valence-corrected chi connectivity index (χ4v) is 2.13. The van der Waals surface area contributed by atoms with Crippen LogP contribution in [0.5, 0.6) is 5.75 Å². The van der Waals surface area contributed by atoms with Crippen LogP contribution in [0.3, 0.4) is 0 Å². The number of nitrogens with one attached hydrogen (secondary N) is 2.